The van der Waals surface area contributed by atoms with Crippen molar-refractivity contribution < 1.29 is 4.79 Å². The van der Waals surface area contributed by atoms with Crippen LogP contribution in [0.4, 0.5) is 5.69 Å². The van der Waals surface area contributed by atoms with Gasteiger partial charge in [0.2, 0.25) is 0 Å². The van der Waals surface area contributed by atoms with Crippen LogP contribution in [0.1, 0.15) is 11.1 Å². The Morgan fingerprint density at radius 2 is 1.95 bits per heavy atom. The van der Waals surface area contributed by atoms with Crippen molar-refractivity contribution >= 4 is 57.6 Å². The number of anilines is 1. The number of thiocarbonyl (C=S) groups is 1. The molecule has 0 N–H and O–H groups in total. The van der Waals surface area contributed by atoms with Crippen LogP contribution in [0.5, 0.6) is 0 Å². The van der Waals surface area contributed by atoms with Crippen LogP contribution >= 0.6 is 35.6 Å². The molecule has 1 fully saturated rings. The predicted molar refractivity (Wildman–Crippen MR) is 98.3 cm³/mol. The first-order chi connectivity index (χ1) is 10.5. The normalized spacial score (nSPS) is 16.6. The number of nitrogens with zero attached hydrogens (tertiary/aromatic N) is 1. The quantitative estimate of drug-likeness (QED) is 0.561. The monoisotopic (exact) mass is 345 g/mol. The van der Waals surface area contributed by atoms with Gasteiger partial charge in [0.1, 0.15) is 0 Å². The van der Waals surface area contributed by atoms with Gasteiger partial charge in [-0.1, -0.05) is 59.8 Å². The number of hydrogen-bond acceptors (Lipinski definition) is 3. The van der Waals surface area contributed by atoms with Gasteiger partial charge in [-0.3, -0.25) is 9.69 Å². The van der Waals surface area contributed by atoms with E-state index in [1.54, 1.807) is 11.0 Å². The molecule has 2 nitrogen and oxygen atoms in total. The van der Waals surface area contributed by atoms with E-state index in [-0.39, 0.29) is 5.91 Å². The number of amides is 1. The van der Waals surface area contributed by atoms with Crippen LogP contribution in [-0.4, -0.2) is 10.2 Å². The van der Waals surface area contributed by atoms with E-state index < -0.39 is 0 Å². The summed E-state index contributed by atoms with van der Waals surface area (Å²) in [6, 6.07) is 15.1. The number of aryl methyl sites for hydroxylation is 1. The van der Waals surface area contributed by atoms with Crippen LogP contribution in [0.15, 0.2) is 53.4 Å². The number of thioether (sulfide) groups is 1. The molecule has 0 bridgehead atoms. The average Bonchev–Trinajstić information content (AvgIpc) is 2.73. The summed E-state index contributed by atoms with van der Waals surface area (Å²) in [5, 5.41) is 0.642. The number of benzene rings is 2. The van der Waals surface area contributed by atoms with Crippen LogP contribution in [-0.2, 0) is 4.79 Å². The molecule has 0 aliphatic carbocycles. The number of halogens is 1. The van der Waals surface area contributed by atoms with Crippen LogP contribution in [0, 0.1) is 6.92 Å². The van der Waals surface area contributed by atoms with Gasteiger partial charge >= 0.3 is 0 Å². The summed E-state index contributed by atoms with van der Waals surface area (Å²) in [6.45, 7) is 1.99. The molecule has 110 valence electrons. The largest absolute Gasteiger partial charge is 0.270 e. The van der Waals surface area contributed by atoms with Gasteiger partial charge < -0.3 is 0 Å². The molecule has 0 saturated carbocycles. The van der Waals surface area contributed by atoms with E-state index in [0.29, 0.717) is 14.2 Å². The van der Waals surface area contributed by atoms with Crippen LogP contribution in [0.25, 0.3) is 6.08 Å². The summed E-state index contributed by atoms with van der Waals surface area (Å²) in [5.41, 5.74) is 2.78. The van der Waals surface area contributed by atoms with Gasteiger partial charge in [0.15, 0.2) is 4.32 Å². The fourth-order valence-electron chi connectivity index (χ4n) is 2.21. The predicted octanol–water partition coefficient (Wildman–Crippen LogP) is 5.05. The third-order valence-corrected chi connectivity index (χ3v) is 4.74. The molecule has 1 heterocycles. The van der Waals surface area contributed by atoms with Gasteiger partial charge in [-0.25, -0.2) is 0 Å². The molecule has 0 radical (unpaired) electrons. The lowest BCUT2D eigenvalue weighted by atomic mass is 10.2. The van der Waals surface area contributed by atoms with Crippen molar-refractivity contribution in [3.8, 4) is 0 Å². The topological polar surface area (TPSA) is 20.3 Å². The van der Waals surface area contributed by atoms with E-state index in [0.717, 1.165) is 16.8 Å². The minimum Gasteiger partial charge on any atom is -0.268 e. The Kier molecular flexibility index (Phi) is 4.34. The summed E-state index contributed by atoms with van der Waals surface area (Å²) in [5.74, 6) is -0.0967. The zero-order valence-corrected chi connectivity index (χ0v) is 14.1. The van der Waals surface area contributed by atoms with Crippen LogP contribution in [0.3, 0.4) is 0 Å². The first kappa shape index (κ1) is 15.3. The maximum atomic E-state index is 12.6. The van der Waals surface area contributed by atoms with Gasteiger partial charge in [-0.15, -0.1) is 0 Å². The minimum absolute atomic E-state index is 0.0967. The lowest BCUT2D eigenvalue weighted by molar-refractivity contribution is -0.113. The van der Waals surface area contributed by atoms with E-state index in [9.17, 15) is 4.79 Å². The summed E-state index contributed by atoms with van der Waals surface area (Å²) in [7, 11) is 0. The average molecular weight is 346 g/mol. The minimum atomic E-state index is -0.0967. The van der Waals surface area contributed by atoms with Crippen molar-refractivity contribution in [2.75, 3.05) is 4.90 Å². The number of rotatable bonds is 2. The maximum Gasteiger partial charge on any atom is 0.270 e. The second-order valence-electron chi connectivity index (χ2n) is 4.91. The van der Waals surface area contributed by atoms with Gasteiger partial charge in [-0.2, -0.15) is 0 Å². The molecule has 1 saturated heterocycles. The smallest absolute Gasteiger partial charge is 0.268 e. The summed E-state index contributed by atoms with van der Waals surface area (Å²) in [4.78, 5) is 14.8. The van der Waals surface area contributed by atoms with Gasteiger partial charge in [0, 0.05) is 5.02 Å². The molecule has 1 aliphatic heterocycles. The lowest BCUT2D eigenvalue weighted by Crippen LogP contribution is -2.27. The zero-order valence-electron chi connectivity index (χ0n) is 11.7. The molecule has 5 heteroatoms. The van der Waals surface area contributed by atoms with Crippen LogP contribution < -0.4 is 4.90 Å². The third kappa shape index (κ3) is 3.09. The third-order valence-electron chi connectivity index (χ3n) is 3.20. The first-order valence-electron chi connectivity index (χ1n) is 6.65. The van der Waals surface area contributed by atoms with Crippen molar-refractivity contribution in [1.29, 1.82) is 0 Å². The summed E-state index contributed by atoms with van der Waals surface area (Å²) >= 11 is 12.7. The number of carbonyl (C=O) groups is 1. The fraction of sp³-hybridized carbons (Fsp3) is 0.0588. The maximum absolute atomic E-state index is 12.6. The summed E-state index contributed by atoms with van der Waals surface area (Å²) in [6.07, 6.45) is 1.82. The van der Waals surface area contributed by atoms with Crippen molar-refractivity contribution in [3.63, 3.8) is 0 Å². The molecule has 3 rings (SSSR count). The second kappa shape index (κ2) is 6.24. The molecule has 0 aromatic heterocycles. The Labute approximate surface area is 143 Å². The molecule has 1 amide bonds. The molecule has 2 aromatic carbocycles. The summed E-state index contributed by atoms with van der Waals surface area (Å²) < 4.78 is 0.545. The Morgan fingerprint density at radius 3 is 2.68 bits per heavy atom. The SMILES string of the molecule is Cc1cccc(N2C(=O)/C(=C/c3cccc(Cl)c3)SC2=S)c1. The first-order valence-corrected chi connectivity index (χ1v) is 8.25. The van der Waals surface area contributed by atoms with E-state index in [2.05, 4.69) is 0 Å². The van der Waals surface area contributed by atoms with Crippen LogP contribution in [0.2, 0.25) is 5.02 Å². The highest BCUT2D eigenvalue weighted by atomic mass is 35.5. The number of hydrogen-bond donors (Lipinski definition) is 0. The Bertz CT molecular complexity index is 801. The molecule has 0 unspecified atom stereocenters. The fourth-order valence-corrected chi connectivity index (χ4v) is 3.70. The van der Waals surface area contributed by atoms with Crippen molar-refractivity contribution in [2.45, 2.75) is 6.92 Å². The molecular formula is C17H12ClNOS2. The van der Waals surface area contributed by atoms with Gasteiger partial charge in [-0.05, 0) is 48.4 Å². The van der Waals surface area contributed by atoms with Crippen molar-refractivity contribution in [3.05, 3.63) is 69.6 Å². The van der Waals surface area contributed by atoms with E-state index in [4.69, 9.17) is 23.8 Å². The van der Waals surface area contributed by atoms with E-state index >= 15 is 0 Å². The lowest BCUT2D eigenvalue weighted by Gasteiger charge is -2.14. The standard InChI is InChI=1S/C17H12ClNOS2/c1-11-4-2-7-14(8-11)19-16(20)15(22-17(19)21)10-12-5-3-6-13(18)9-12/h2-10H,1H3/b15-10-. The van der Waals surface area contributed by atoms with Gasteiger partial charge in [0.05, 0.1) is 10.6 Å². The Morgan fingerprint density at radius 1 is 1.18 bits per heavy atom. The highest BCUT2D eigenvalue weighted by molar-refractivity contribution is 8.27. The zero-order chi connectivity index (χ0) is 15.7. The molecule has 0 spiro atoms. The molecule has 22 heavy (non-hydrogen) atoms. The number of carbonyl (C=O) groups excluding carboxylic acids is 1. The highest BCUT2D eigenvalue weighted by Crippen LogP contribution is 2.36. The molecule has 0 atom stereocenters. The van der Waals surface area contributed by atoms with Crippen molar-refractivity contribution in [1.82, 2.24) is 0 Å². The molecular weight excluding hydrogens is 334 g/mol. The Hall–Kier alpha value is -1.62. The van der Waals surface area contributed by atoms with Crippen molar-refractivity contribution in [2.24, 2.45) is 0 Å². The van der Waals surface area contributed by atoms with E-state index in [1.165, 1.54) is 11.8 Å². The molecule has 1 aliphatic rings. The molecule has 2 aromatic rings. The highest BCUT2D eigenvalue weighted by Gasteiger charge is 2.33. The van der Waals surface area contributed by atoms with Gasteiger partial charge in [0.25, 0.3) is 5.91 Å². The van der Waals surface area contributed by atoms with E-state index in [1.807, 2.05) is 55.5 Å². The second-order valence-corrected chi connectivity index (χ2v) is 7.02. The Balaban J connectivity index is 1.95.